The van der Waals surface area contributed by atoms with Crippen molar-refractivity contribution in [1.82, 2.24) is 24.5 Å². The predicted molar refractivity (Wildman–Crippen MR) is 144 cm³/mol. The molecule has 3 aromatic heterocycles. The van der Waals surface area contributed by atoms with Crippen LogP contribution in [0.1, 0.15) is 11.1 Å². The fourth-order valence-corrected chi connectivity index (χ4v) is 4.65. The number of rotatable bonds is 6. The first-order valence-electron chi connectivity index (χ1n) is 12.6. The van der Waals surface area contributed by atoms with Gasteiger partial charge < -0.3 is 15.1 Å². The number of nitrogens with zero attached hydrogens (tertiary/aromatic N) is 7. The lowest BCUT2D eigenvalue weighted by Gasteiger charge is -2.35. The monoisotopic (exact) mass is 530 g/mol. The molecule has 1 N–H and O–H groups in total. The average Bonchev–Trinajstić information content (AvgIpc) is 3.41. The Labute approximate surface area is 222 Å². The quantitative estimate of drug-likeness (QED) is 0.325. The second-order valence-electron chi connectivity index (χ2n) is 9.21. The van der Waals surface area contributed by atoms with E-state index in [-0.39, 0.29) is 6.54 Å². The zero-order valence-electron chi connectivity index (χ0n) is 20.9. The van der Waals surface area contributed by atoms with E-state index in [0.29, 0.717) is 41.6 Å². The molecule has 198 valence electrons. The van der Waals surface area contributed by atoms with Crippen LogP contribution < -0.4 is 15.1 Å². The first-order chi connectivity index (χ1) is 19.0. The van der Waals surface area contributed by atoms with Crippen molar-refractivity contribution in [3.05, 3.63) is 96.4 Å². The van der Waals surface area contributed by atoms with Crippen molar-refractivity contribution in [1.29, 1.82) is 0 Å². The van der Waals surface area contributed by atoms with E-state index in [4.69, 9.17) is 9.97 Å². The molecule has 0 aliphatic carbocycles. The van der Waals surface area contributed by atoms with Gasteiger partial charge in [0.2, 0.25) is 5.95 Å². The minimum atomic E-state index is -4.41. The largest absolute Gasteiger partial charge is 0.416 e. The Kier molecular flexibility index (Phi) is 6.47. The van der Waals surface area contributed by atoms with Gasteiger partial charge in [-0.05, 0) is 42.0 Å². The Balaban J connectivity index is 1.32. The number of piperazine rings is 1. The molecular weight excluding hydrogens is 505 g/mol. The van der Waals surface area contributed by atoms with Crippen LogP contribution in [0.15, 0.2) is 85.3 Å². The molecular formula is C28H25F3N8. The number of imidazole rings is 1. The lowest BCUT2D eigenvalue weighted by atomic mass is 10.1. The van der Waals surface area contributed by atoms with Crippen LogP contribution in [0.3, 0.4) is 0 Å². The third kappa shape index (κ3) is 5.20. The number of fused-ring (bicyclic) bond motifs is 1. The third-order valence-electron chi connectivity index (χ3n) is 6.67. The molecule has 0 spiro atoms. The Morgan fingerprint density at radius 1 is 0.795 bits per heavy atom. The summed E-state index contributed by atoms with van der Waals surface area (Å²) < 4.78 is 41.6. The number of benzene rings is 2. The molecule has 4 heterocycles. The maximum Gasteiger partial charge on any atom is 0.416 e. The van der Waals surface area contributed by atoms with Crippen molar-refractivity contribution < 1.29 is 13.2 Å². The summed E-state index contributed by atoms with van der Waals surface area (Å²) in [6, 6.07) is 20.9. The molecule has 1 fully saturated rings. The molecule has 6 rings (SSSR count). The molecule has 8 nitrogen and oxygen atoms in total. The second-order valence-corrected chi connectivity index (χ2v) is 9.21. The molecule has 11 heteroatoms. The molecule has 1 aliphatic rings. The number of hydrogen-bond donors (Lipinski definition) is 1. The summed E-state index contributed by atoms with van der Waals surface area (Å²) in [7, 11) is 0. The van der Waals surface area contributed by atoms with Crippen LogP contribution >= 0.6 is 0 Å². The Morgan fingerprint density at radius 3 is 2.31 bits per heavy atom. The number of halogens is 3. The van der Waals surface area contributed by atoms with Crippen molar-refractivity contribution in [3.8, 4) is 5.69 Å². The summed E-state index contributed by atoms with van der Waals surface area (Å²) in [6.45, 7) is 3.04. The van der Waals surface area contributed by atoms with Gasteiger partial charge in [-0.1, -0.05) is 36.4 Å². The summed E-state index contributed by atoms with van der Waals surface area (Å²) in [4.78, 5) is 23.0. The molecule has 1 saturated heterocycles. The van der Waals surface area contributed by atoms with E-state index >= 15 is 0 Å². The molecule has 0 atom stereocenters. The van der Waals surface area contributed by atoms with Crippen LogP contribution in [0.5, 0.6) is 0 Å². The Morgan fingerprint density at radius 2 is 1.56 bits per heavy atom. The number of pyridine rings is 1. The van der Waals surface area contributed by atoms with Gasteiger partial charge in [-0.3, -0.25) is 4.57 Å². The highest BCUT2D eigenvalue weighted by Gasteiger charge is 2.30. The van der Waals surface area contributed by atoms with Crippen LogP contribution in [-0.2, 0) is 12.7 Å². The van der Waals surface area contributed by atoms with Gasteiger partial charge in [0, 0.05) is 44.6 Å². The van der Waals surface area contributed by atoms with Gasteiger partial charge in [0.05, 0.1) is 5.56 Å². The maximum atomic E-state index is 13.2. The van der Waals surface area contributed by atoms with Crippen LogP contribution in [0.4, 0.5) is 30.8 Å². The van der Waals surface area contributed by atoms with Crippen molar-refractivity contribution in [2.24, 2.45) is 0 Å². The van der Waals surface area contributed by atoms with E-state index in [1.165, 1.54) is 6.07 Å². The normalized spacial score (nSPS) is 14.1. The second kappa shape index (κ2) is 10.2. The van der Waals surface area contributed by atoms with Crippen LogP contribution in [0.25, 0.3) is 16.9 Å². The average molecular weight is 531 g/mol. The van der Waals surface area contributed by atoms with Gasteiger partial charge in [-0.25, -0.2) is 9.97 Å². The first kappa shape index (κ1) is 24.7. The first-order valence-corrected chi connectivity index (χ1v) is 12.6. The third-order valence-corrected chi connectivity index (χ3v) is 6.67. The molecule has 1 aliphatic heterocycles. The number of anilines is 3. The highest BCUT2D eigenvalue weighted by molar-refractivity contribution is 5.85. The molecule has 0 radical (unpaired) electrons. The number of hydrogen-bond acceptors (Lipinski definition) is 7. The van der Waals surface area contributed by atoms with Gasteiger partial charge in [-0.15, -0.1) is 0 Å². The molecule has 39 heavy (non-hydrogen) atoms. The van der Waals surface area contributed by atoms with E-state index in [9.17, 15) is 13.2 Å². The number of nitrogens with one attached hydrogen (secondary N) is 1. The summed E-state index contributed by atoms with van der Waals surface area (Å²) in [5.41, 5.74) is 1.86. The van der Waals surface area contributed by atoms with Gasteiger partial charge in [-0.2, -0.15) is 23.1 Å². The zero-order valence-corrected chi connectivity index (χ0v) is 20.9. The fraction of sp³-hybridized carbons (Fsp3) is 0.214. The minimum absolute atomic E-state index is 0.154. The summed E-state index contributed by atoms with van der Waals surface area (Å²) >= 11 is 0. The minimum Gasteiger partial charge on any atom is -0.364 e. The van der Waals surface area contributed by atoms with Gasteiger partial charge >= 0.3 is 6.18 Å². The van der Waals surface area contributed by atoms with E-state index in [1.54, 1.807) is 18.6 Å². The molecule has 0 amide bonds. The Hall–Kier alpha value is -4.67. The van der Waals surface area contributed by atoms with E-state index in [0.717, 1.165) is 36.7 Å². The highest BCUT2D eigenvalue weighted by Crippen LogP contribution is 2.30. The molecule has 2 aromatic carbocycles. The van der Waals surface area contributed by atoms with Crippen LogP contribution in [0.2, 0.25) is 0 Å². The van der Waals surface area contributed by atoms with Gasteiger partial charge in [0.1, 0.15) is 12.1 Å². The molecule has 0 saturated carbocycles. The van der Waals surface area contributed by atoms with Gasteiger partial charge in [0.25, 0.3) is 0 Å². The van der Waals surface area contributed by atoms with E-state index < -0.39 is 11.7 Å². The summed E-state index contributed by atoms with van der Waals surface area (Å²) in [6.07, 6.45) is -0.935. The van der Waals surface area contributed by atoms with E-state index in [1.807, 2.05) is 53.1 Å². The smallest absolute Gasteiger partial charge is 0.364 e. The summed E-state index contributed by atoms with van der Waals surface area (Å²) in [5, 5.41) is 3.22. The maximum absolute atomic E-state index is 13.2. The molecule has 5 aromatic rings. The predicted octanol–water partition coefficient (Wildman–Crippen LogP) is 5.17. The lowest BCUT2D eigenvalue weighted by molar-refractivity contribution is -0.137. The zero-order chi connectivity index (χ0) is 26.8. The standard InChI is InChI=1S/C28H25F3N8/c29-28(30,31)21-8-6-7-20(17-21)18-33-25-24-26(39(19-34-24)22-9-2-1-3-10-22)36-27(35-25)38-15-13-37(14-16-38)23-11-4-5-12-32-23/h1-12,17,19H,13-16,18H2,(H,33,35,36). The van der Waals surface area contributed by atoms with Crippen LogP contribution in [0, 0.1) is 0 Å². The lowest BCUT2D eigenvalue weighted by Crippen LogP contribution is -2.47. The van der Waals surface area contributed by atoms with Crippen molar-refractivity contribution >= 4 is 28.7 Å². The topological polar surface area (TPSA) is 75.0 Å². The highest BCUT2D eigenvalue weighted by atomic mass is 19.4. The summed E-state index contributed by atoms with van der Waals surface area (Å²) in [5.74, 6) is 1.93. The van der Waals surface area contributed by atoms with Crippen molar-refractivity contribution in [3.63, 3.8) is 0 Å². The van der Waals surface area contributed by atoms with Crippen molar-refractivity contribution in [2.45, 2.75) is 12.7 Å². The number of aromatic nitrogens is 5. The van der Waals surface area contributed by atoms with Crippen molar-refractivity contribution in [2.75, 3.05) is 41.3 Å². The number of alkyl halides is 3. The number of para-hydroxylation sites is 1. The molecule has 0 bridgehead atoms. The van der Waals surface area contributed by atoms with E-state index in [2.05, 4.69) is 25.1 Å². The SMILES string of the molecule is FC(F)(F)c1cccc(CNc2nc(N3CCN(c4ccccn4)CC3)nc3c2ncn3-c2ccccc2)c1. The Bertz CT molecular complexity index is 1560. The molecule has 0 unspecified atom stereocenters. The van der Waals surface area contributed by atoms with Gasteiger partial charge in [0.15, 0.2) is 17.0 Å². The fourth-order valence-electron chi connectivity index (χ4n) is 4.65. The van der Waals surface area contributed by atoms with Crippen LogP contribution in [-0.4, -0.2) is 50.7 Å².